The SMILES string of the molecule is C=C/C(=C\C=C/C)C12CNCC1C2.CC. The standard InChI is InChI=1S/C12H17N.C2H6/c1-3-5-6-10(4-2)12-7-11(12)8-13-9-12;1-2/h3-6,11,13H,2,7-9H2,1H3;1-2H3/b5-3-,10-6+;. The zero-order chi connectivity index (χ0) is 11.3. The van der Waals surface area contributed by atoms with E-state index < -0.39 is 0 Å². The van der Waals surface area contributed by atoms with Crippen molar-refractivity contribution in [2.45, 2.75) is 27.2 Å². The topological polar surface area (TPSA) is 12.0 Å². The molecule has 1 heterocycles. The number of nitrogens with one attached hydrogen (secondary N) is 1. The third-order valence-corrected chi connectivity index (χ3v) is 3.33. The van der Waals surface area contributed by atoms with Crippen LogP contribution in [0.25, 0.3) is 0 Å². The Hall–Kier alpha value is -0.820. The van der Waals surface area contributed by atoms with Crippen molar-refractivity contribution < 1.29 is 0 Å². The molecule has 2 unspecified atom stereocenters. The summed E-state index contributed by atoms with van der Waals surface area (Å²) in [5.41, 5.74) is 1.88. The van der Waals surface area contributed by atoms with E-state index in [1.165, 1.54) is 18.5 Å². The molecule has 1 heteroatoms. The minimum Gasteiger partial charge on any atom is -0.316 e. The van der Waals surface area contributed by atoms with Crippen LogP contribution < -0.4 is 5.32 Å². The highest BCUT2D eigenvalue weighted by Gasteiger charge is 2.58. The van der Waals surface area contributed by atoms with E-state index in [0.717, 1.165) is 12.5 Å². The van der Waals surface area contributed by atoms with Gasteiger partial charge in [0.1, 0.15) is 0 Å². The van der Waals surface area contributed by atoms with Crippen LogP contribution in [-0.2, 0) is 0 Å². The summed E-state index contributed by atoms with van der Waals surface area (Å²) < 4.78 is 0. The molecule has 1 aliphatic carbocycles. The highest BCUT2D eigenvalue weighted by molar-refractivity contribution is 5.38. The molecule has 84 valence electrons. The number of piperidine rings is 1. The Labute approximate surface area is 94.0 Å². The first-order chi connectivity index (χ1) is 7.33. The van der Waals surface area contributed by atoms with Gasteiger partial charge in [0, 0.05) is 12.0 Å². The van der Waals surface area contributed by atoms with E-state index in [1.54, 1.807) is 0 Å². The summed E-state index contributed by atoms with van der Waals surface area (Å²) in [7, 11) is 0. The minimum absolute atomic E-state index is 0.460. The summed E-state index contributed by atoms with van der Waals surface area (Å²) in [6.45, 7) is 12.3. The van der Waals surface area contributed by atoms with E-state index in [-0.39, 0.29) is 0 Å². The third-order valence-electron chi connectivity index (χ3n) is 3.33. The second-order valence-corrected chi connectivity index (χ2v) is 4.04. The van der Waals surface area contributed by atoms with Crippen molar-refractivity contribution in [3.63, 3.8) is 0 Å². The summed E-state index contributed by atoms with van der Waals surface area (Å²) in [6, 6.07) is 0. The van der Waals surface area contributed by atoms with E-state index in [4.69, 9.17) is 0 Å². The van der Waals surface area contributed by atoms with E-state index >= 15 is 0 Å². The maximum atomic E-state index is 3.90. The van der Waals surface area contributed by atoms with Gasteiger partial charge in [0.05, 0.1) is 0 Å². The Bertz CT molecular complexity index is 275. The molecule has 0 radical (unpaired) electrons. The maximum absolute atomic E-state index is 3.90. The molecule has 0 aromatic carbocycles. The van der Waals surface area contributed by atoms with Crippen LogP contribution in [0.3, 0.4) is 0 Å². The van der Waals surface area contributed by atoms with Gasteiger partial charge in [-0.15, -0.1) is 0 Å². The van der Waals surface area contributed by atoms with Gasteiger partial charge < -0.3 is 5.32 Å². The van der Waals surface area contributed by atoms with Crippen LogP contribution in [0, 0.1) is 11.3 Å². The van der Waals surface area contributed by atoms with Crippen molar-refractivity contribution in [3.8, 4) is 0 Å². The maximum Gasteiger partial charge on any atom is 0.0122 e. The highest BCUT2D eigenvalue weighted by atomic mass is 15.0. The Morgan fingerprint density at radius 1 is 1.47 bits per heavy atom. The van der Waals surface area contributed by atoms with Crippen LogP contribution in [-0.4, -0.2) is 13.1 Å². The average Bonchev–Trinajstić information content (AvgIpc) is 2.85. The van der Waals surface area contributed by atoms with Crippen molar-refractivity contribution in [1.82, 2.24) is 5.32 Å². The van der Waals surface area contributed by atoms with Crippen LogP contribution in [0.15, 0.2) is 36.5 Å². The van der Waals surface area contributed by atoms with Crippen molar-refractivity contribution in [1.29, 1.82) is 0 Å². The predicted octanol–water partition coefficient (Wildman–Crippen LogP) is 3.31. The smallest absolute Gasteiger partial charge is 0.0122 e. The van der Waals surface area contributed by atoms with Gasteiger partial charge in [-0.05, 0) is 31.4 Å². The van der Waals surface area contributed by atoms with E-state index in [0.29, 0.717) is 5.41 Å². The zero-order valence-corrected chi connectivity index (χ0v) is 10.2. The Kier molecular flexibility index (Phi) is 4.34. The molecule has 0 amide bonds. The minimum atomic E-state index is 0.460. The molecule has 0 bridgehead atoms. The molecule has 1 aliphatic heterocycles. The molecular weight excluding hydrogens is 182 g/mol. The van der Waals surface area contributed by atoms with Crippen molar-refractivity contribution >= 4 is 0 Å². The largest absolute Gasteiger partial charge is 0.316 e. The Morgan fingerprint density at radius 3 is 2.60 bits per heavy atom. The molecule has 1 nitrogen and oxygen atoms in total. The first-order valence-corrected chi connectivity index (χ1v) is 6.00. The highest BCUT2D eigenvalue weighted by Crippen LogP contribution is 2.60. The second kappa shape index (κ2) is 5.32. The molecule has 0 spiro atoms. The lowest BCUT2D eigenvalue weighted by Crippen LogP contribution is -2.17. The van der Waals surface area contributed by atoms with Gasteiger partial charge in [-0.3, -0.25) is 0 Å². The summed E-state index contributed by atoms with van der Waals surface area (Å²) in [5, 5.41) is 3.44. The average molecular weight is 205 g/mol. The van der Waals surface area contributed by atoms with Gasteiger partial charge in [-0.25, -0.2) is 0 Å². The molecule has 2 rings (SSSR count). The van der Waals surface area contributed by atoms with Crippen molar-refractivity contribution in [3.05, 3.63) is 36.5 Å². The molecule has 0 aromatic heterocycles. The molecule has 1 saturated carbocycles. The summed E-state index contributed by atoms with van der Waals surface area (Å²) >= 11 is 0. The third kappa shape index (κ3) is 2.23. The summed E-state index contributed by atoms with van der Waals surface area (Å²) in [6.07, 6.45) is 9.77. The van der Waals surface area contributed by atoms with Crippen LogP contribution in [0.4, 0.5) is 0 Å². The molecule has 1 saturated heterocycles. The normalized spacial score (nSPS) is 33.3. The first kappa shape index (κ1) is 12.3. The zero-order valence-electron chi connectivity index (χ0n) is 10.2. The molecule has 2 aliphatic rings. The van der Waals surface area contributed by atoms with Gasteiger partial charge in [0.2, 0.25) is 0 Å². The predicted molar refractivity (Wildman–Crippen MR) is 67.9 cm³/mol. The Balaban J connectivity index is 0.000000531. The van der Waals surface area contributed by atoms with E-state index in [1.807, 2.05) is 26.8 Å². The lowest BCUT2D eigenvalue weighted by Gasteiger charge is -2.12. The van der Waals surface area contributed by atoms with Crippen LogP contribution in [0.1, 0.15) is 27.2 Å². The van der Waals surface area contributed by atoms with Gasteiger partial charge in [0.25, 0.3) is 0 Å². The number of rotatable bonds is 3. The molecular formula is C14H23N. The molecule has 1 N–H and O–H groups in total. The van der Waals surface area contributed by atoms with Crippen LogP contribution >= 0.6 is 0 Å². The number of hydrogen-bond acceptors (Lipinski definition) is 1. The lowest BCUT2D eigenvalue weighted by molar-refractivity contribution is 0.620. The molecule has 0 aromatic rings. The van der Waals surface area contributed by atoms with Crippen molar-refractivity contribution in [2.24, 2.45) is 11.3 Å². The number of hydrogen-bond donors (Lipinski definition) is 1. The van der Waals surface area contributed by atoms with Gasteiger partial charge in [0.15, 0.2) is 0 Å². The first-order valence-electron chi connectivity index (χ1n) is 6.00. The van der Waals surface area contributed by atoms with Gasteiger partial charge in [-0.1, -0.05) is 44.7 Å². The molecule has 2 atom stereocenters. The number of fused-ring (bicyclic) bond motifs is 1. The molecule has 15 heavy (non-hydrogen) atoms. The van der Waals surface area contributed by atoms with Gasteiger partial charge in [-0.2, -0.15) is 0 Å². The van der Waals surface area contributed by atoms with Gasteiger partial charge >= 0.3 is 0 Å². The van der Waals surface area contributed by atoms with E-state index in [9.17, 15) is 0 Å². The van der Waals surface area contributed by atoms with E-state index in [2.05, 4.69) is 30.1 Å². The number of allylic oxidation sites excluding steroid dienone is 4. The quantitative estimate of drug-likeness (QED) is 0.697. The summed E-state index contributed by atoms with van der Waals surface area (Å²) in [4.78, 5) is 0. The fraction of sp³-hybridized carbons (Fsp3) is 0.571. The van der Waals surface area contributed by atoms with Crippen LogP contribution in [0.2, 0.25) is 0 Å². The second-order valence-electron chi connectivity index (χ2n) is 4.04. The lowest BCUT2D eigenvalue weighted by atomic mass is 9.94. The summed E-state index contributed by atoms with van der Waals surface area (Å²) in [5.74, 6) is 0.877. The fourth-order valence-corrected chi connectivity index (χ4v) is 2.43. The van der Waals surface area contributed by atoms with Crippen LogP contribution in [0.5, 0.6) is 0 Å². The monoisotopic (exact) mass is 205 g/mol. The van der Waals surface area contributed by atoms with Crippen molar-refractivity contribution in [2.75, 3.05) is 13.1 Å². The fourth-order valence-electron chi connectivity index (χ4n) is 2.43. The molecule has 2 fully saturated rings. The Morgan fingerprint density at radius 2 is 2.20 bits per heavy atom.